The van der Waals surface area contributed by atoms with Crippen LogP contribution in [0, 0.1) is 0 Å². The van der Waals surface area contributed by atoms with Crippen LogP contribution in [0.3, 0.4) is 0 Å². The average Bonchev–Trinajstić information content (AvgIpc) is 2.52. The molecule has 1 aromatic carbocycles. The van der Waals surface area contributed by atoms with Crippen molar-refractivity contribution in [3.8, 4) is 0 Å². The molecule has 132 valence electrons. The second kappa shape index (κ2) is 5.85. The first kappa shape index (κ1) is 17.4. The van der Waals surface area contributed by atoms with Crippen LogP contribution in [0.25, 0.3) is 0 Å². The number of piperidine rings is 1. The van der Waals surface area contributed by atoms with E-state index in [1.165, 1.54) is 0 Å². The summed E-state index contributed by atoms with van der Waals surface area (Å²) in [7, 11) is -1.75. The van der Waals surface area contributed by atoms with Gasteiger partial charge in [-0.2, -0.15) is 4.31 Å². The van der Waals surface area contributed by atoms with Crippen molar-refractivity contribution in [2.75, 3.05) is 18.5 Å². The van der Waals surface area contributed by atoms with E-state index in [1.54, 1.807) is 34.5 Å². The molecule has 3 rings (SSSR count). The molecule has 2 aliphatic rings. The number of anilines is 1. The Bertz CT molecular complexity index is 770. The van der Waals surface area contributed by atoms with E-state index in [9.17, 15) is 13.2 Å². The highest BCUT2D eigenvalue weighted by Gasteiger charge is 2.37. The maximum Gasteiger partial charge on any atom is 0.243 e. The molecule has 0 aromatic heterocycles. The summed E-state index contributed by atoms with van der Waals surface area (Å²) in [5.41, 5.74) is 1.37. The van der Waals surface area contributed by atoms with Crippen LogP contribution in [0.2, 0.25) is 0 Å². The second-order valence-corrected chi connectivity index (χ2v) is 9.54. The molecule has 1 amide bonds. The first-order chi connectivity index (χ1) is 11.1. The highest BCUT2D eigenvalue weighted by Crippen LogP contribution is 2.41. The van der Waals surface area contributed by atoms with Crippen molar-refractivity contribution in [2.24, 2.45) is 0 Å². The zero-order valence-corrected chi connectivity index (χ0v) is 15.7. The molecule has 0 aliphatic carbocycles. The maximum atomic E-state index is 13.1. The first-order valence-electron chi connectivity index (χ1n) is 8.57. The Morgan fingerprint density at radius 3 is 2.58 bits per heavy atom. The van der Waals surface area contributed by atoms with Crippen LogP contribution in [-0.4, -0.2) is 38.3 Å². The summed E-state index contributed by atoms with van der Waals surface area (Å²) in [6.07, 6.45) is 3.29. The molecule has 1 atom stereocenters. The standard InChI is InChI=1S/C18H26N2O3S/c1-13-7-5-6-10-20(13)24(22,23)14-8-9-16-15(11-14)18(2,3)12-17(21)19(16)4/h8-9,11,13H,5-7,10,12H2,1-4H3. The predicted octanol–water partition coefficient (Wildman–Crippen LogP) is 2.89. The number of rotatable bonds is 2. The van der Waals surface area contributed by atoms with Gasteiger partial charge in [-0.1, -0.05) is 20.3 Å². The monoisotopic (exact) mass is 350 g/mol. The number of carbonyl (C=O) groups excluding carboxylic acids is 1. The van der Waals surface area contributed by atoms with Crippen molar-refractivity contribution in [1.82, 2.24) is 4.31 Å². The van der Waals surface area contributed by atoms with Gasteiger partial charge in [0, 0.05) is 37.2 Å². The van der Waals surface area contributed by atoms with E-state index in [4.69, 9.17) is 0 Å². The van der Waals surface area contributed by atoms with E-state index >= 15 is 0 Å². The summed E-state index contributed by atoms with van der Waals surface area (Å²) in [6.45, 7) is 6.56. The molecule has 2 heterocycles. The quantitative estimate of drug-likeness (QED) is 0.824. The number of nitrogens with zero attached hydrogens (tertiary/aromatic N) is 2. The van der Waals surface area contributed by atoms with E-state index in [0.29, 0.717) is 17.9 Å². The Morgan fingerprint density at radius 1 is 1.21 bits per heavy atom. The van der Waals surface area contributed by atoms with Gasteiger partial charge < -0.3 is 4.90 Å². The van der Waals surface area contributed by atoms with Crippen molar-refractivity contribution < 1.29 is 13.2 Å². The maximum absolute atomic E-state index is 13.1. The van der Waals surface area contributed by atoms with Crippen LogP contribution in [0.15, 0.2) is 23.1 Å². The van der Waals surface area contributed by atoms with E-state index in [2.05, 4.69) is 0 Å². The largest absolute Gasteiger partial charge is 0.315 e. The molecule has 1 aromatic rings. The molecule has 24 heavy (non-hydrogen) atoms. The average molecular weight is 350 g/mol. The van der Waals surface area contributed by atoms with Crippen LogP contribution < -0.4 is 4.90 Å². The topological polar surface area (TPSA) is 57.7 Å². The van der Waals surface area contributed by atoms with Crippen LogP contribution in [0.4, 0.5) is 5.69 Å². The molecule has 2 aliphatic heterocycles. The van der Waals surface area contributed by atoms with Crippen molar-refractivity contribution >= 4 is 21.6 Å². The Labute approximate surface area is 144 Å². The third kappa shape index (κ3) is 2.75. The molecule has 1 unspecified atom stereocenters. The number of sulfonamides is 1. The molecule has 1 saturated heterocycles. The summed E-state index contributed by atoms with van der Waals surface area (Å²) < 4.78 is 27.8. The lowest BCUT2D eigenvalue weighted by Crippen LogP contribution is -2.42. The summed E-state index contributed by atoms with van der Waals surface area (Å²) >= 11 is 0. The highest BCUT2D eigenvalue weighted by molar-refractivity contribution is 7.89. The van der Waals surface area contributed by atoms with Gasteiger partial charge >= 0.3 is 0 Å². The van der Waals surface area contributed by atoms with Gasteiger partial charge in [0.2, 0.25) is 15.9 Å². The third-order valence-corrected chi connectivity index (χ3v) is 7.38. The van der Waals surface area contributed by atoms with E-state index in [1.807, 2.05) is 20.8 Å². The van der Waals surface area contributed by atoms with Crippen LogP contribution in [-0.2, 0) is 20.2 Å². The fraction of sp³-hybridized carbons (Fsp3) is 0.611. The summed E-state index contributed by atoms with van der Waals surface area (Å²) in [5.74, 6) is 0.0627. The molecular formula is C18H26N2O3S. The highest BCUT2D eigenvalue weighted by atomic mass is 32.2. The van der Waals surface area contributed by atoms with Gasteiger partial charge in [0.15, 0.2) is 0 Å². The lowest BCUT2D eigenvalue weighted by molar-refractivity contribution is -0.119. The molecule has 6 heteroatoms. The molecular weight excluding hydrogens is 324 g/mol. The number of benzene rings is 1. The van der Waals surface area contributed by atoms with Gasteiger partial charge in [-0.15, -0.1) is 0 Å². The SMILES string of the molecule is CC1CCCCN1S(=O)(=O)c1ccc2c(c1)C(C)(C)CC(=O)N2C. The second-order valence-electron chi connectivity index (χ2n) is 7.65. The van der Waals surface area contributed by atoms with Gasteiger partial charge in [0.25, 0.3) is 0 Å². The third-order valence-electron chi connectivity index (χ3n) is 5.37. The predicted molar refractivity (Wildman–Crippen MR) is 94.7 cm³/mol. The van der Waals surface area contributed by atoms with Crippen molar-refractivity contribution in [1.29, 1.82) is 0 Å². The van der Waals surface area contributed by atoms with Gasteiger partial charge in [0.1, 0.15) is 0 Å². The summed E-state index contributed by atoms with van der Waals surface area (Å²) in [4.78, 5) is 14.1. The number of fused-ring (bicyclic) bond motifs is 1. The summed E-state index contributed by atoms with van der Waals surface area (Å²) in [6, 6.07) is 5.22. The minimum atomic E-state index is -3.50. The van der Waals surface area contributed by atoms with E-state index < -0.39 is 10.0 Å². The minimum Gasteiger partial charge on any atom is -0.315 e. The number of hydrogen-bond acceptors (Lipinski definition) is 3. The fourth-order valence-electron chi connectivity index (χ4n) is 3.80. The zero-order valence-electron chi connectivity index (χ0n) is 14.9. The molecule has 0 saturated carbocycles. The molecule has 0 radical (unpaired) electrons. The fourth-order valence-corrected chi connectivity index (χ4v) is 5.53. The van der Waals surface area contributed by atoms with Crippen molar-refractivity contribution in [2.45, 2.75) is 62.8 Å². The van der Waals surface area contributed by atoms with Crippen molar-refractivity contribution in [3.05, 3.63) is 23.8 Å². The van der Waals surface area contributed by atoms with Crippen molar-refractivity contribution in [3.63, 3.8) is 0 Å². The lowest BCUT2D eigenvalue weighted by atomic mass is 9.77. The van der Waals surface area contributed by atoms with Gasteiger partial charge in [-0.05, 0) is 43.5 Å². The van der Waals surface area contributed by atoms with Crippen LogP contribution in [0.1, 0.15) is 52.0 Å². The van der Waals surface area contributed by atoms with E-state index in [0.717, 1.165) is 30.5 Å². The van der Waals surface area contributed by atoms with Gasteiger partial charge in [0.05, 0.1) is 4.90 Å². The molecule has 1 fully saturated rings. The van der Waals surface area contributed by atoms with Crippen LogP contribution >= 0.6 is 0 Å². The van der Waals surface area contributed by atoms with Crippen LogP contribution in [0.5, 0.6) is 0 Å². The number of hydrogen-bond donors (Lipinski definition) is 0. The molecule has 5 nitrogen and oxygen atoms in total. The van der Waals surface area contributed by atoms with Gasteiger partial charge in [-0.3, -0.25) is 4.79 Å². The lowest BCUT2D eigenvalue weighted by Gasteiger charge is -2.38. The Morgan fingerprint density at radius 2 is 1.92 bits per heavy atom. The van der Waals surface area contributed by atoms with Gasteiger partial charge in [-0.25, -0.2) is 8.42 Å². The Kier molecular flexibility index (Phi) is 4.24. The van der Waals surface area contributed by atoms with E-state index in [-0.39, 0.29) is 17.4 Å². The Hall–Kier alpha value is -1.40. The Balaban J connectivity index is 2.06. The zero-order chi connectivity index (χ0) is 17.7. The first-order valence-corrected chi connectivity index (χ1v) is 10.0. The number of carbonyl (C=O) groups is 1. The molecule has 0 spiro atoms. The minimum absolute atomic E-state index is 0.0389. The summed E-state index contributed by atoms with van der Waals surface area (Å²) in [5, 5.41) is 0. The molecule has 0 N–H and O–H groups in total. The number of amides is 1. The smallest absolute Gasteiger partial charge is 0.243 e. The normalized spacial score (nSPS) is 24.8. The molecule has 0 bridgehead atoms.